The Bertz CT molecular complexity index is 1090. The van der Waals surface area contributed by atoms with Crippen LogP contribution >= 0.6 is 15.9 Å². The average molecular weight is 418 g/mol. The van der Waals surface area contributed by atoms with Crippen molar-refractivity contribution < 1.29 is 9.36 Å². The van der Waals surface area contributed by atoms with Gasteiger partial charge >= 0.3 is 0 Å². The minimum atomic E-state index is -0.111. The number of hydrogen-bond acceptors (Lipinski definition) is 1. The smallest absolute Gasteiger partial charge is 0.255 e. The number of amides is 1. The summed E-state index contributed by atoms with van der Waals surface area (Å²) in [5.74, 6) is -0.111. The monoisotopic (exact) mass is 417 g/mol. The fourth-order valence-corrected chi connectivity index (χ4v) is 3.38. The normalized spacial score (nSPS) is 10.7. The Morgan fingerprint density at radius 2 is 1.56 bits per heavy atom. The second-order valence-corrected chi connectivity index (χ2v) is 7.32. The summed E-state index contributed by atoms with van der Waals surface area (Å²) in [6.07, 6.45) is 3.95. The molecule has 4 heteroatoms. The number of pyridine rings is 1. The van der Waals surface area contributed by atoms with Crippen LogP contribution in [0.3, 0.4) is 0 Å². The van der Waals surface area contributed by atoms with Crippen molar-refractivity contribution in [3.63, 3.8) is 0 Å². The summed E-state index contributed by atoms with van der Waals surface area (Å²) in [6, 6.07) is 25.9. The topological polar surface area (TPSA) is 33.0 Å². The van der Waals surface area contributed by atoms with E-state index in [4.69, 9.17) is 0 Å². The van der Waals surface area contributed by atoms with E-state index in [1.165, 1.54) is 5.56 Å². The van der Waals surface area contributed by atoms with E-state index in [0.29, 0.717) is 5.56 Å². The summed E-state index contributed by atoms with van der Waals surface area (Å²) in [4.78, 5) is 12.6. The van der Waals surface area contributed by atoms with Gasteiger partial charge in [0.25, 0.3) is 5.91 Å². The third-order valence-corrected chi connectivity index (χ3v) is 4.91. The van der Waals surface area contributed by atoms with Gasteiger partial charge in [0, 0.05) is 27.7 Å². The highest BCUT2D eigenvalue weighted by Gasteiger charge is 2.09. The van der Waals surface area contributed by atoms with Gasteiger partial charge in [0.2, 0.25) is 0 Å². The first kappa shape index (κ1) is 17.4. The molecule has 0 aliphatic carbocycles. The molecule has 1 heterocycles. The lowest BCUT2D eigenvalue weighted by atomic mass is 10.1. The number of benzene rings is 3. The maximum atomic E-state index is 12.6. The Balaban J connectivity index is 1.47. The molecule has 0 bridgehead atoms. The predicted molar refractivity (Wildman–Crippen MR) is 112 cm³/mol. The number of carbonyl (C=O) groups excluding carboxylic acids is 1. The van der Waals surface area contributed by atoms with Crippen molar-refractivity contribution in [2.75, 3.05) is 5.32 Å². The summed E-state index contributed by atoms with van der Waals surface area (Å²) < 4.78 is 3.11. The molecule has 0 spiro atoms. The predicted octanol–water partition coefficient (Wildman–Crippen LogP) is 5.19. The molecule has 0 fully saturated rings. The van der Waals surface area contributed by atoms with E-state index < -0.39 is 0 Å². The number of rotatable bonds is 4. The molecule has 4 aromatic rings. The largest absolute Gasteiger partial charge is 0.322 e. The van der Waals surface area contributed by atoms with Gasteiger partial charge in [-0.1, -0.05) is 58.4 Å². The lowest BCUT2D eigenvalue weighted by molar-refractivity contribution is -0.688. The van der Waals surface area contributed by atoms with Crippen molar-refractivity contribution in [1.29, 1.82) is 0 Å². The van der Waals surface area contributed by atoms with E-state index in [-0.39, 0.29) is 5.91 Å². The van der Waals surface area contributed by atoms with Gasteiger partial charge in [0.15, 0.2) is 18.9 Å². The van der Waals surface area contributed by atoms with Crippen LogP contribution in [-0.2, 0) is 6.54 Å². The van der Waals surface area contributed by atoms with Crippen LogP contribution in [0.1, 0.15) is 15.9 Å². The zero-order valence-corrected chi connectivity index (χ0v) is 16.2. The van der Waals surface area contributed by atoms with Crippen molar-refractivity contribution in [3.8, 4) is 0 Å². The van der Waals surface area contributed by atoms with Gasteiger partial charge in [-0.3, -0.25) is 4.79 Å². The van der Waals surface area contributed by atoms with E-state index in [0.717, 1.165) is 27.5 Å². The van der Waals surface area contributed by atoms with Crippen LogP contribution < -0.4 is 9.88 Å². The lowest BCUT2D eigenvalue weighted by Crippen LogP contribution is -2.33. The lowest BCUT2D eigenvalue weighted by Gasteiger charge is -2.06. The molecule has 0 unspecified atom stereocenters. The summed E-state index contributed by atoms with van der Waals surface area (Å²) in [5, 5.41) is 5.10. The number of nitrogens with one attached hydrogen (secondary N) is 1. The van der Waals surface area contributed by atoms with Crippen molar-refractivity contribution in [2.45, 2.75) is 6.54 Å². The highest BCUT2D eigenvalue weighted by molar-refractivity contribution is 9.10. The zero-order chi connectivity index (χ0) is 18.6. The number of aromatic nitrogens is 1. The molecule has 3 aromatic carbocycles. The van der Waals surface area contributed by atoms with Crippen LogP contribution in [0.25, 0.3) is 10.8 Å². The molecule has 1 N–H and O–H groups in total. The van der Waals surface area contributed by atoms with E-state index in [1.807, 2.05) is 79.1 Å². The summed E-state index contributed by atoms with van der Waals surface area (Å²) in [6.45, 7) is 0.801. The Kier molecular flexibility index (Phi) is 4.99. The van der Waals surface area contributed by atoms with Gasteiger partial charge in [-0.2, -0.15) is 0 Å². The Hall–Kier alpha value is -2.98. The van der Waals surface area contributed by atoms with Gasteiger partial charge in [-0.05, 0) is 35.0 Å². The molecule has 3 nitrogen and oxygen atoms in total. The highest BCUT2D eigenvalue weighted by Crippen LogP contribution is 2.21. The molecular weight excluding hydrogens is 400 g/mol. The van der Waals surface area contributed by atoms with Gasteiger partial charge in [0.05, 0.1) is 5.69 Å². The average Bonchev–Trinajstić information content (AvgIpc) is 2.70. The number of hydrogen-bond donors (Lipinski definition) is 1. The van der Waals surface area contributed by atoms with E-state index in [1.54, 1.807) is 0 Å². The third kappa shape index (κ3) is 4.23. The molecule has 1 amide bonds. The molecule has 0 saturated heterocycles. The standard InChI is InChI=1S/C23H17BrN2O/c24-21-9-8-18-14-20(7-6-19(18)15-21)23(27)25-22-10-12-26(13-11-22)16-17-4-2-1-3-5-17/h1-15H,16H2/p+1. The number of halogens is 1. The summed E-state index contributed by atoms with van der Waals surface area (Å²) in [5.41, 5.74) is 2.66. The second kappa shape index (κ2) is 7.72. The third-order valence-electron chi connectivity index (χ3n) is 4.42. The van der Waals surface area contributed by atoms with E-state index in [9.17, 15) is 4.79 Å². The second-order valence-electron chi connectivity index (χ2n) is 6.41. The van der Waals surface area contributed by atoms with Gasteiger partial charge in [-0.25, -0.2) is 4.57 Å². The van der Waals surface area contributed by atoms with Crippen molar-refractivity contribution in [2.24, 2.45) is 0 Å². The molecular formula is C23H18BrN2O+. The van der Waals surface area contributed by atoms with Crippen LogP contribution in [0.15, 0.2) is 95.7 Å². The van der Waals surface area contributed by atoms with E-state index >= 15 is 0 Å². The zero-order valence-electron chi connectivity index (χ0n) is 14.6. The molecule has 4 rings (SSSR count). The molecule has 0 aliphatic heterocycles. The van der Waals surface area contributed by atoms with Crippen molar-refractivity contribution >= 4 is 38.3 Å². The first-order valence-electron chi connectivity index (χ1n) is 8.71. The summed E-state index contributed by atoms with van der Waals surface area (Å²) >= 11 is 3.47. The number of anilines is 1. The molecule has 0 saturated carbocycles. The molecule has 1 aromatic heterocycles. The van der Waals surface area contributed by atoms with Crippen LogP contribution in [0.5, 0.6) is 0 Å². The molecule has 0 atom stereocenters. The maximum absolute atomic E-state index is 12.6. The Morgan fingerprint density at radius 1 is 0.852 bits per heavy atom. The maximum Gasteiger partial charge on any atom is 0.255 e. The van der Waals surface area contributed by atoms with Gasteiger partial charge in [0.1, 0.15) is 0 Å². The summed E-state index contributed by atoms with van der Waals surface area (Å²) in [7, 11) is 0. The van der Waals surface area contributed by atoms with Crippen LogP contribution in [0, 0.1) is 0 Å². The number of fused-ring (bicyclic) bond motifs is 1. The first-order valence-corrected chi connectivity index (χ1v) is 9.50. The SMILES string of the molecule is O=C(Nc1cc[n+](Cc2ccccc2)cc1)c1ccc2cc(Br)ccc2c1. The molecule has 27 heavy (non-hydrogen) atoms. The van der Waals surface area contributed by atoms with E-state index in [2.05, 4.69) is 37.9 Å². The van der Waals surface area contributed by atoms with Gasteiger partial charge in [-0.15, -0.1) is 0 Å². The molecule has 132 valence electrons. The fraction of sp³-hybridized carbons (Fsp3) is 0.0435. The quantitative estimate of drug-likeness (QED) is 0.455. The van der Waals surface area contributed by atoms with Crippen molar-refractivity contribution in [1.82, 2.24) is 0 Å². The Morgan fingerprint density at radius 3 is 2.33 bits per heavy atom. The van der Waals surface area contributed by atoms with Crippen LogP contribution in [0.2, 0.25) is 0 Å². The highest BCUT2D eigenvalue weighted by atomic mass is 79.9. The first-order chi connectivity index (χ1) is 13.2. The fourth-order valence-electron chi connectivity index (χ4n) is 3.00. The minimum Gasteiger partial charge on any atom is -0.322 e. The van der Waals surface area contributed by atoms with Crippen LogP contribution in [-0.4, -0.2) is 5.91 Å². The number of nitrogens with zero attached hydrogens (tertiary/aromatic N) is 1. The Labute approximate surface area is 166 Å². The molecule has 0 aliphatic rings. The van der Waals surface area contributed by atoms with Crippen molar-refractivity contribution in [3.05, 3.63) is 107 Å². The van der Waals surface area contributed by atoms with Gasteiger partial charge < -0.3 is 5.32 Å². The molecule has 0 radical (unpaired) electrons. The number of carbonyl (C=O) groups is 1. The minimum absolute atomic E-state index is 0.111. The van der Waals surface area contributed by atoms with Crippen LogP contribution in [0.4, 0.5) is 5.69 Å².